The van der Waals surface area contributed by atoms with E-state index in [-0.39, 0.29) is 17.1 Å². The van der Waals surface area contributed by atoms with Crippen LogP contribution in [0.4, 0.5) is 20.6 Å². The van der Waals surface area contributed by atoms with Crippen LogP contribution in [-0.2, 0) is 0 Å². The summed E-state index contributed by atoms with van der Waals surface area (Å²) in [6, 6.07) is 21.1. The van der Waals surface area contributed by atoms with Gasteiger partial charge >= 0.3 is 6.03 Å². The summed E-state index contributed by atoms with van der Waals surface area (Å²) < 4.78 is 13.5. The van der Waals surface area contributed by atoms with E-state index in [1.807, 2.05) is 42.5 Å². The molecule has 34 heavy (non-hydrogen) atoms. The van der Waals surface area contributed by atoms with E-state index in [1.54, 1.807) is 11.0 Å². The van der Waals surface area contributed by atoms with Gasteiger partial charge < -0.3 is 5.32 Å². The van der Waals surface area contributed by atoms with E-state index < -0.39 is 5.82 Å². The minimum atomic E-state index is -0.539. The number of benzene rings is 3. The van der Waals surface area contributed by atoms with Crippen molar-refractivity contribution in [1.29, 1.82) is 5.26 Å². The zero-order valence-corrected chi connectivity index (χ0v) is 20.3. The van der Waals surface area contributed by atoms with Crippen LogP contribution in [0.3, 0.4) is 0 Å². The molecule has 0 bridgehead atoms. The van der Waals surface area contributed by atoms with Gasteiger partial charge in [0.1, 0.15) is 5.82 Å². The van der Waals surface area contributed by atoms with Crippen LogP contribution in [0, 0.1) is 17.1 Å². The molecule has 0 aromatic heterocycles. The second-order valence-corrected chi connectivity index (χ2v) is 8.39. The third kappa shape index (κ3) is 6.13. The molecule has 5 nitrogen and oxygen atoms in total. The highest BCUT2D eigenvalue weighted by molar-refractivity contribution is 6.31. The summed E-state index contributed by atoms with van der Waals surface area (Å²) in [6.07, 6.45) is 0. The fraction of sp³-hybridized carbons (Fsp3) is 0.259. The van der Waals surface area contributed by atoms with E-state index in [4.69, 9.17) is 11.6 Å². The van der Waals surface area contributed by atoms with Crippen molar-refractivity contribution in [3.8, 4) is 17.2 Å². The van der Waals surface area contributed by atoms with Crippen molar-refractivity contribution in [2.45, 2.75) is 26.8 Å². The number of hydrogen-bond acceptors (Lipinski definition) is 3. The molecule has 2 amide bonds. The molecule has 1 atom stereocenters. The van der Waals surface area contributed by atoms with Crippen molar-refractivity contribution >= 4 is 29.0 Å². The molecular formula is C27H28ClFN4O. The molecule has 0 saturated carbocycles. The number of nitrogens with zero attached hydrogens (tertiary/aromatic N) is 3. The van der Waals surface area contributed by atoms with Crippen LogP contribution in [0.5, 0.6) is 0 Å². The minimum Gasteiger partial charge on any atom is -0.307 e. The van der Waals surface area contributed by atoms with Crippen molar-refractivity contribution in [2.75, 3.05) is 29.9 Å². The van der Waals surface area contributed by atoms with Gasteiger partial charge in [-0.3, -0.25) is 9.80 Å². The van der Waals surface area contributed by atoms with E-state index in [9.17, 15) is 14.4 Å². The number of likely N-dealkylation sites (N-methyl/N-ethyl adjacent to an activating group) is 1. The quantitative estimate of drug-likeness (QED) is 0.388. The van der Waals surface area contributed by atoms with E-state index >= 15 is 0 Å². The minimum absolute atomic E-state index is 0.0511. The lowest BCUT2D eigenvalue weighted by Gasteiger charge is -2.32. The molecule has 1 unspecified atom stereocenters. The molecule has 0 aliphatic heterocycles. The standard InChI is InChI=1S/C27H28ClFN4O/c1-4-32(5-2)19(3)18-33(27(34)31-23-11-14-26(29)25(28)16-23)24-12-9-21(10-13-24)22-8-6-7-20(15-22)17-30/h6-16,19H,4-5,18H2,1-3H3,(H,31,34). The topological polar surface area (TPSA) is 59.4 Å². The molecule has 0 fully saturated rings. The van der Waals surface area contributed by atoms with Gasteiger partial charge in [-0.15, -0.1) is 0 Å². The molecule has 7 heteroatoms. The summed E-state index contributed by atoms with van der Waals surface area (Å²) in [4.78, 5) is 17.3. The second kappa shape index (κ2) is 11.6. The first-order chi connectivity index (χ1) is 16.4. The molecule has 3 rings (SSSR count). The molecule has 0 saturated heterocycles. The summed E-state index contributed by atoms with van der Waals surface area (Å²) >= 11 is 5.89. The number of rotatable bonds is 8. The van der Waals surface area contributed by atoms with E-state index in [2.05, 4.69) is 37.1 Å². The monoisotopic (exact) mass is 478 g/mol. The number of urea groups is 1. The van der Waals surface area contributed by atoms with Crippen LogP contribution in [0.25, 0.3) is 11.1 Å². The van der Waals surface area contributed by atoms with Crippen molar-refractivity contribution < 1.29 is 9.18 Å². The maximum Gasteiger partial charge on any atom is 0.326 e. The van der Waals surface area contributed by atoms with Crippen LogP contribution in [0.15, 0.2) is 66.7 Å². The van der Waals surface area contributed by atoms with E-state index in [0.717, 1.165) is 29.9 Å². The van der Waals surface area contributed by atoms with Gasteiger partial charge in [0.05, 0.1) is 16.7 Å². The maximum absolute atomic E-state index is 13.5. The number of anilines is 2. The third-order valence-electron chi connectivity index (χ3n) is 5.80. The molecule has 1 N–H and O–H groups in total. The van der Waals surface area contributed by atoms with Crippen LogP contribution >= 0.6 is 11.6 Å². The number of carbonyl (C=O) groups excluding carboxylic acids is 1. The number of nitrogens with one attached hydrogen (secondary N) is 1. The Balaban J connectivity index is 1.89. The lowest BCUT2D eigenvalue weighted by molar-refractivity contribution is 0.228. The van der Waals surface area contributed by atoms with Crippen LogP contribution in [0.1, 0.15) is 26.3 Å². The van der Waals surface area contributed by atoms with Crippen molar-refractivity contribution in [3.63, 3.8) is 0 Å². The largest absolute Gasteiger partial charge is 0.326 e. The predicted octanol–water partition coefficient (Wildman–Crippen LogP) is 6.79. The number of halogens is 2. The number of hydrogen-bond donors (Lipinski definition) is 1. The van der Waals surface area contributed by atoms with Gasteiger partial charge in [0.2, 0.25) is 0 Å². The molecule has 3 aromatic carbocycles. The zero-order chi connectivity index (χ0) is 24.7. The summed E-state index contributed by atoms with van der Waals surface area (Å²) in [5.74, 6) is -0.539. The highest BCUT2D eigenvalue weighted by atomic mass is 35.5. The molecule has 176 valence electrons. The van der Waals surface area contributed by atoms with Gasteiger partial charge in [-0.1, -0.05) is 49.7 Å². The molecule has 0 aliphatic carbocycles. The Morgan fingerprint density at radius 3 is 2.38 bits per heavy atom. The normalized spacial score (nSPS) is 11.7. The van der Waals surface area contributed by atoms with Gasteiger partial charge in [0.25, 0.3) is 0 Å². The Bertz CT molecular complexity index is 1170. The Morgan fingerprint density at radius 1 is 1.06 bits per heavy atom. The fourth-order valence-corrected chi connectivity index (χ4v) is 4.08. The Labute approximate surface area is 205 Å². The Kier molecular flexibility index (Phi) is 8.64. The summed E-state index contributed by atoms with van der Waals surface area (Å²) in [6.45, 7) is 8.48. The van der Waals surface area contributed by atoms with Crippen molar-refractivity contribution in [3.05, 3.63) is 83.1 Å². The van der Waals surface area contributed by atoms with Crippen LogP contribution in [-0.4, -0.2) is 36.6 Å². The second-order valence-electron chi connectivity index (χ2n) is 7.98. The SMILES string of the molecule is CCN(CC)C(C)CN(C(=O)Nc1ccc(F)c(Cl)c1)c1ccc(-c2cccc(C#N)c2)cc1. The molecule has 0 heterocycles. The van der Waals surface area contributed by atoms with Gasteiger partial charge in [-0.2, -0.15) is 5.26 Å². The lowest BCUT2D eigenvalue weighted by Crippen LogP contribution is -2.46. The zero-order valence-electron chi connectivity index (χ0n) is 19.6. The van der Waals surface area contributed by atoms with Gasteiger partial charge in [-0.25, -0.2) is 9.18 Å². The average Bonchev–Trinajstić information content (AvgIpc) is 2.85. The first-order valence-electron chi connectivity index (χ1n) is 11.2. The Hall–Kier alpha value is -3.40. The number of nitriles is 1. The molecule has 0 aliphatic rings. The van der Waals surface area contributed by atoms with Gasteiger partial charge in [0, 0.05) is 24.0 Å². The summed E-state index contributed by atoms with van der Waals surface area (Å²) in [5.41, 5.74) is 3.61. The van der Waals surface area contributed by atoms with Crippen LogP contribution < -0.4 is 10.2 Å². The molecular weight excluding hydrogens is 451 g/mol. The third-order valence-corrected chi connectivity index (χ3v) is 6.09. The van der Waals surface area contributed by atoms with Gasteiger partial charge in [0.15, 0.2) is 0 Å². The average molecular weight is 479 g/mol. The summed E-state index contributed by atoms with van der Waals surface area (Å²) in [7, 11) is 0. The molecule has 0 radical (unpaired) electrons. The first kappa shape index (κ1) is 25.2. The van der Waals surface area contributed by atoms with E-state index in [1.165, 1.54) is 18.2 Å². The lowest BCUT2D eigenvalue weighted by atomic mass is 10.0. The highest BCUT2D eigenvalue weighted by Crippen LogP contribution is 2.26. The molecule has 0 spiro atoms. The smallest absolute Gasteiger partial charge is 0.307 e. The molecule has 3 aromatic rings. The first-order valence-corrected chi connectivity index (χ1v) is 11.6. The van der Waals surface area contributed by atoms with Crippen molar-refractivity contribution in [2.24, 2.45) is 0 Å². The fourth-order valence-electron chi connectivity index (χ4n) is 3.90. The van der Waals surface area contributed by atoms with Crippen LogP contribution in [0.2, 0.25) is 5.02 Å². The van der Waals surface area contributed by atoms with Gasteiger partial charge in [-0.05, 0) is 73.6 Å². The number of carbonyl (C=O) groups is 1. The Morgan fingerprint density at radius 2 is 1.76 bits per heavy atom. The van der Waals surface area contributed by atoms with Crippen molar-refractivity contribution in [1.82, 2.24) is 4.90 Å². The van der Waals surface area contributed by atoms with E-state index in [0.29, 0.717) is 17.8 Å². The summed E-state index contributed by atoms with van der Waals surface area (Å²) in [5, 5.41) is 12.0. The maximum atomic E-state index is 13.5. The predicted molar refractivity (Wildman–Crippen MR) is 137 cm³/mol. The highest BCUT2D eigenvalue weighted by Gasteiger charge is 2.22. The number of amides is 2.